The molecule has 0 radical (unpaired) electrons. The number of esters is 1. The normalized spacial score (nSPS) is 15.2. The standard InChI is InChI=1S/C17H28O4/c1-7-14(4)9-10-16(15(5)20-12-19-6)21-17(18)11-8-13(2)3/h7-9,11,13,15-16H,1,10,12H2,2-6H3/b11-8+,14-9+/t15-,16+/m0/s1. The molecular formula is C17H28O4. The zero-order valence-electron chi connectivity index (χ0n) is 13.8. The molecule has 4 nitrogen and oxygen atoms in total. The van der Waals surface area contributed by atoms with Crippen LogP contribution in [0, 0.1) is 5.92 Å². The van der Waals surface area contributed by atoms with Gasteiger partial charge in [0.15, 0.2) is 0 Å². The molecule has 21 heavy (non-hydrogen) atoms. The van der Waals surface area contributed by atoms with Gasteiger partial charge in [0, 0.05) is 19.6 Å². The van der Waals surface area contributed by atoms with Gasteiger partial charge in [0.2, 0.25) is 0 Å². The minimum absolute atomic E-state index is 0.168. The van der Waals surface area contributed by atoms with Gasteiger partial charge in [-0.2, -0.15) is 0 Å². The lowest BCUT2D eigenvalue weighted by Gasteiger charge is -2.22. The van der Waals surface area contributed by atoms with E-state index in [0.717, 1.165) is 5.57 Å². The first-order valence-electron chi connectivity index (χ1n) is 7.19. The lowest BCUT2D eigenvalue weighted by atomic mass is 10.1. The van der Waals surface area contributed by atoms with E-state index in [2.05, 4.69) is 6.58 Å². The second-order valence-electron chi connectivity index (χ2n) is 5.24. The molecule has 0 aliphatic carbocycles. The van der Waals surface area contributed by atoms with Gasteiger partial charge in [-0.05, 0) is 19.8 Å². The van der Waals surface area contributed by atoms with Crippen LogP contribution in [-0.4, -0.2) is 32.1 Å². The molecule has 0 N–H and O–H groups in total. The first-order chi connectivity index (χ1) is 9.90. The SMILES string of the molecule is C=C/C(C)=C/C[C@@H](OC(=O)/C=C/C(C)C)[C@H](C)OCOC. The quantitative estimate of drug-likeness (QED) is 0.267. The van der Waals surface area contributed by atoms with Gasteiger partial charge in [-0.15, -0.1) is 0 Å². The van der Waals surface area contributed by atoms with Crippen LogP contribution in [0.3, 0.4) is 0 Å². The molecular weight excluding hydrogens is 268 g/mol. The van der Waals surface area contributed by atoms with Crippen molar-refractivity contribution in [2.24, 2.45) is 5.92 Å². The van der Waals surface area contributed by atoms with Gasteiger partial charge in [0.05, 0.1) is 6.10 Å². The van der Waals surface area contributed by atoms with Crippen LogP contribution >= 0.6 is 0 Å². The maximum absolute atomic E-state index is 11.8. The number of ether oxygens (including phenoxy) is 3. The van der Waals surface area contributed by atoms with Crippen LogP contribution in [-0.2, 0) is 19.0 Å². The predicted octanol–water partition coefficient (Wildman–Crippen LogP) is 3.64. The molecule has 0 saturated heterocycles. The summed E-state index contributed by atoms with van der Waals surface area (Å²) in [6.07, 6.45) is 6.97. The summed E-state index contributed by atoms with van der Waals surface area (Å²) in [7, 11) is 1.56. The highest BCUT2D eigenvalue weighted by atomic mass is 16.7. The van der Waals surface area contributed by atoms with E-state index in [1.807, 2.05) is 39.8 Å². The van der Waals surface area contributed by atoms with Gasteiger partial charge in [-0.1, -0.05) is 44.2 Å². The second kappa shape index (κ2) is 11.3. The maximum atomic E-state index is 11.8. The summed E-state index contributed by atoms with van der Waals surface area (Å²) in [4.78, 5) is 11.8. The number of hydrogen-bond acceptors (Lipinski definition) is 4. The van der Waals surface area contributed by atoms with E-state index < -0.39 is 0 Å². The summed E-state index contributed by atoms with van der Waals surface area (Å²) in [6.45, 7) is 11.7. The van der Waals surface area contributed by atoms with Crippen LogP contribution < -0.4 is 0 Å². The molecule has 0 saturated carbocycles. The number of rotatable bonds is 10. The fourth-order valence-electron chi connectivity index (χ4n) is 1.46. The molecule has 120 valence electrons. The average Bonchev–Trinajstić information content (AvgIpc) is 2.46. The minimum Gasteiger partial charge on any atom is -0.456 e. The van der Waals surface area contributed by atoms with Crippen LogP contribution in [0.5, 0.6) is 0 Å². The molecule has 0 aromatic carbocycles. The number of carbonyl (C=O) groups excluding carboxylic acids is 1. The summed E-state index contributed by atoms with van der Waals surface area (Å²) in [5.74, 6) is -0.0488. The summed E-state index contributed by atoms with van der Waals surface area (Å²) in [5, 5.41) is 0. The van der Waals surface area contributed by atoms with Crippen molar-refractivity contribution in [3.63, 3.8) is 0 Å². The molecule has 0 unspecified atom stereocenters. The Morgan fingerprint density at radius 3 is 2.48 bits per heavy atom. The van der Waals surface area contributed by atoms with Crippen LogP contribution in [0.4, 0.5) is 0 Å². The number of hydrogen-bond donors (Lipinski definition) is 0. The molecule has 0 spiro atoms. The lowest BCUT2D eigenvalue weighted by molar-refractivity contribution is -0.157. The second-order valence-corrected chi connectivity index (χ2v) is 5.24. The predicted molar refractivity (Wildman–Crippen MR) is 84.9 cm³/mol. The zero-order chi connectivity index (χ0) is 16.3. The molecule has 0 aliphatic rings. The van der Waals surface area contributed by atoms with Crippen LogP contribution in [0.1, 0.15) is 34.1 Å². The zero-order valence-corrected chi connectivity index (χ0v) is 13.8. The molecule has 2 atom stereocenters. The Balaban J connectivity index is 4.70. The number of allylic oxidation sites excluding steroid dienone is 3. The van der Waals surface area contributed by atoms with E-state index >= 15 is 0 Å². The smallest absolute Gasteiger partial charge is 0.330 e. The van der Waals surface area contributed by atoms with E-state index in [9.17, 15) is 4.79 Å². The van der Waals surface area contributed by atoms with Crippen LogP contribution in [0.2, 0.25) is 0 Å². The van der Waals surface area contributed by atoms with Crippen molar-refractivity contribution in [2.45, 2.75) is 46.3 Å². The van der Waals surface area contributed by atoms with Gasteiger partial charge in [-0.3, -0.25) is 0 Å². The van der Waals surface area contributed by atoms with Crippen molar-refractivity contribution in [3.8, 4) is 0 Å². The van der Waals surface area contributed by atoms with Gasteiger partial charge in [0.25, 0.3) is 0 Å². The Bertz CT molecular complexity index is 369. The monoisotopic (exact) mass is 296 g/mol. The van der Waals surface area contributed by atoms with Crippen molar-refractivity contribution in [3.05, 3.63) is 36.5 Å². The first kappa shape index (κ1) is 19.6. The van der Waals surface area contributed by atoms with Crippen LogP contribution in [0.15, 0.2) is 36.5 Å². The highest BCUT2D eigenvalue weighted by Gasteiger charge is 2.20. The highest BCUT2D eigenvalue weighted by Crippen LogP contribution is 2.12. The van der Waals surface area contributed by atoms with Gasteiger partial charge < -0.3 is 14.2 Å². The van der Waals surface area contributed by atoms with Crippen molar-refractivity contribution < 1.29 is 19.0 Å². The Labute approximate surface area is 128 Å². The molecule has 0 rings (SSSR count). The van der Waals surface area contributed by atoms with Gasteiger partial charge in [-0.25, -0.2) is 4.79 Å². The number of carbonyl (C=O) groups is 1. The van der Waals surface area contributed by atoms with E-state index in [1.54, 1.807) is 13.2 Å². The Hall–Kier alpha value is -1.39. The van der Waals surface area contributed by atoms with E-state index in [4.69, 9.17) is 14.2 Å². The molecule has 4 heteroatoms. The third-order valence-electron chi connectivity index (χ3n) is 2.85. The van der Waals surface area contributed by atoms with Crippen molar-refractivity contribution >= 4 is 5.97 Å². The van der Waals surface area contributed by atoms with Crippen molar-refractivity contribution in [1.82, 2.24) is 0 Å². The Morgan fingerprint density at radius 2 is 1.95 bits per heavy atom. The largest absolute Gasteiger partial charge is 0.456 e. The van der Waals surface area contributed by atoms with E-state index in [-0.39, 0.29) is 25.0 Å². The third kappa shape index (κ3) is 10.0. The maximum Gasteiger partial charge on any atom is 0.330 e. The third-order valence-corrected chi connectivity index (χ3v) is 2.85. The highest BCUT2D eigenvalue weighted by molar-refractivity contribution is 5.82. The molecule has 0 aliphatic heterocycles. The number of methoxy groups -OCH3 is 1. The fourth-order valence-corrected chi connectivity index (χ4v) is 1.46. The van der Waals surface area contributed by atoms with Crippen LogP contribution in [0.25, 0.3) is 0 Å². The molecule has 0 aromatic rings. The average molecular weight is 296 g/mol. The molecule has 0 amide bonds. The van der Waals surface area contributed by atoms with Gasteiger partial charge >= 0.3 is 5.97 Å². The molecule has 0 heterocycles. The summed E-state index contributed by atoms with van der Waals surface area (Å²) < 4.78 is 15.8. The van der Waals surface area contributed by atoms with E-state index in [0.29, 0.717) is 12.3 Å². The molecule has 0 fully saturated rings. The van der Waals surface area contributed by atoms with Crippen molar-refractivity contribution in [1.29, 1.82) is 0 Å². The van der Waals surface area contributed by atoms with Crippen molar-refractivity contribution in [2.75, 3.05) is 13.9 Å². The van der Waals surface area contributed by atoms with E-state index in [1.165, 1.54) is 6.08 Å². The summed E-state index contributed by atoms with van der Waals surface area (Å²) in [5.41, 5.74) is 1.03. The molecule has 0 aromatic heterocycles. The Kier molecular flexibility index (Phi) is 10.5. The Morgan fingerprint density at radius 1 is 1.29 bits per heavy atom. The minimum atomic E-state index is -0.362. The fraction of sp³-hybridized carbons (Fsp3) is 0.588. The van der Waals surface area contributed by atoms with Gasteiger partial charge in [0.1, 0.15) is 12.9 Å². The summed E-state index contributed by atoms with van der Waals surface area (Å²) in [6, 6.07) is 0. The summed E-state index contributed by atoms with van der Waals surface area (Å²) >= 11 is 0. The molecule has 0 bridgehead atoms. The lowest BCUT2D eigenvalue weighted by Crippen LogP contribution is -2.31. The topological polar surface area (TPSA) is 44.8 Å². The first-order valence-corrected chi connectivity index (χ1v) is 7.19.